The van der Waals surface area contributed by atoms with E-state index in [4.69, 9.17) is 4.74 Å². The Morgan fingerprint density at radius 1 is 1.05 bits per heavy atom. The minimum atomic E-state index is -0.471. The van der Waals surface area contributed by atoms with E-state index in [1.807, 2.05) is 20.8 Å². The number of ether oxygens (including phenoxy) is 1. The van der Waals surface area contributed by atoms with Gasteiger partial charge in [-0.15, -0.1) is 24.0 Å². The average molecular weight is 400 g/mol. The van der Waals surface area contributed by atoms with E-state index in [0.717, 1.165) is 0 Å². The largest absolute Gasteiger partial charge is 0.444 e. The summed E-state index contributed by atoms with van der Waals surface area (Å²) in [6.07, 6.45) is -0.409. The van der Waals surface area contributed by atoms with Crippen molar-refractivity contribution in [2.45, 2.75) is 52.7 Å². The minimum Gasteiger partial charge on any atom is -0.444 e. The Balaban J connectivity index is 0. The van der Waals surface area contributed by atoms with Gasteiger partial charge in [-0.2, -0.15) is 0 Å². The van der Waals surface area contributed by atoms with Crippen LogP contribution in [-0.4, -0.2) is 43.3 Å². The number of hydrogen-bond donors (Lipinski definition) is 3. The number of carbonyl (C=O) groups is 1. The van der Waals surface area contributed by atoms with Crippen molar-refractivity contribution in [1.29, 1.82) is 0 Å². The van der Waals surface area contributed by atoms with Crippen molar-refractivity contribution in [1.82, 2.24) is 16.0 Å². The quantitative estimate of drug-likeness (QED) is 0.294. The van der Waals surface area contributed by atoms with Crippen LogP contribution < -0.4 is 16.0 Å². The normalized spacial score (nSPS) is 12.2. The van der Waals surface area contributed by atoms with Gasteiger partial charge in [-0.3, -0.25) is 4.99 Å². The van der Waals surface area contributed by atoms with Crippen LogP contribution in [0.25, 0.3) is 0 Å². The molecular formula is C13H29IN4O2. The lowest BCUT2D eigenvalue weighted by Crippen LogP contribution is -2.49. The van der Waals surface area contributed by atoms with Gasteiger partial charge in [-0.05, 0) is 41.5 Å². The van der Waals surface area contributed by atoms with Crippen molar-refractivity contribution in [2.75, 3.05) is 20.1 Å². The number of carbonyl (C=O) groups excluding carboxylic acids is 1. The molecule has 3 N–H and O–H groups in total. The van der Waals surface area contributed by atoms with Crippen molar-refractivity contribution >= 4 is 36.0 Å². The molecule has 0 radical (unpaired) electrons. The molecule has 0 aromatic heterocycles. The van der Waals surface area contributed by atoms with E-state index in [-0.39, 0.29) is 29.5 Å². The standard InChI is InChI=1S/C13H28N4O2.HI/c1-12(2,3)17-10(14-7)15-8-9-16-11(18)19-13(4,5)6;/h8-9H2,1-7H3,(H,16,18)(H2,14,15,17);1H. The smallest absolute Gasteiger partial charge is 0.407 e. The number of guanidine groups is 1. The van der Waals surface area contributed by atoms with E-state index in [2.05, 4.69) is 41.7 Å². The summed E-state index contributed by atoms with van der Waals surface area (Å²) in [4.78, 5) is 15.5. The maximum atomic E-state index is 11.4. The summed E-state index contributed by atoms with van der Waals surface area (Å²) < 4.78 is 5.13. The number of aliphatic imine (C=N–C) groups is 1. The van der Waals surface area contributed by atoms with Crippen molar-refractivity contribution in [2.24, 2.45) is 4.99 Å². The molecule has 0 saturated carbocycles. The van der Waals surface area contributed by atoms with Crippen molar-refractivity contribution < 1.29 is 9.53 Å². The molecule has 0 aliphatic carbocycles. The topological polar surface area (TPSA) is 74.8 Å². The molecule has 0 bridgehead atoms. The Kier molecular flexibility index (Phi) is 9.98. The molecule has 0 fully saturated rings. The summed E-state index contributed by atoms with van der Waals surface area (Å²) in [5.41, 5.74) is -0.526. The summed E-state index contributed by atoms with van der Waals surface area (Å²) in [5.74, 6) is 0.707. The second-order valence-electron chi connectivity index (χ2n) is 6.30. The van der Waals surface area contributed by atoms with Crippen molar-refractivity contribution in [3.63, 3.8) is 0 Å². The first-order valence-electron chi connectivity index (χ1n) is 6.49. The van der Waals surface area contributed by atoms with Crippen LogP contribution >= 0.6 is 24.0 Å². The van der Waals surface area contributed by atoms with E-state index in [9.17, 15) is 4.79 Å². The van der Waals surface area contributed by atoms with E-state index >= 15 is 0 Å². The summed E-state index contributed by atoms with van der Waals surface area (Å²) in [6.45, 7) is 12.7. The zero-order chi connectivity index (χ0) is 15.1. The van der Waals surface area contributed by atoms with Gasteiger partial charge in [-0.25, -0.2) is 4.79 Å². The Morgan fingerprint density at radius 3 is 1.95 bits per heavy atom. The fourth-order valence-corrected chi connectivity index (χ4v) is 1.19. The summed E-state index contributed by atoms with van der Waals surface area (Å²) >= 11 is 0. The van der Waals surface area contributed by atoms with E-state index in [1.165, 1.54) is 0 Å². The summed E-state index contributed by atoms with van der Waals surface area (Å²) in [5, 5.41) is 9.02. The highest BCUT2D eigenvalue weighted by molar-refractivity contribution is 14.0. The van der Waals surface area contributed by atoms with Crippen LogP contribution in [0.5, 0.6) is 0 Å². The lowest BCUT2D eigenvalue weighted by Gasteiger charge is -2.24. The number of nitrogens with one attached hydrogen (secondary N) is 3. The molecular weight excluding hydrogens is 371 g/mol. The molecule has 0 heterocycles. The molecule has 120 valence electrons. The maximum absolute atomic E-state index is 11.4. The fraction of sp³-hybridized carbons (Fsp3) is 0.846. The highest BCUT2D eigenvalue weighted by atomic mass is 127. The third-order valence-corrected chi connectivity index (χ3v) is 1.80. The van der Waals surface area contributed by atoms with Crippen LogP contribution in [0.15, 0.2) is 4.99 Å². The van der Waals surface area contributed by atoms with Gasteiger partial charge in [0.2, 0.25) is 0 Å². The first kappa shape index (κ1) is 21.6. The summed E-state index contributed by atoms with van der Waals surface area (Å²) in [6, 6.07) is 0. The Labute approximate surface area is 139 Å². The van der Waals surface area contributed by atoms with Gasteiger partial charge in [0, 0.05) is 25.7 Å². The third kappa shape index (κ3) is 13.7. The van der Waals surface area contributed by atoms with Gasteiger partial charge in [0.25, 0.3) is 0 Å². The second-order valence-corrected chi connectivity index (χ2v) is 6.30. The molecule has 0 saturated heterocycles. The van der Waals surface area contributed by atoms with Gasteiger partial charge >= 0.3 is 6.09 Å². The first-order chi connectivity index (χ1) is 8.53. The lowest BCUT2D eigenvalue weighted by atomic mass is 10.1. The highest BCUT2D eigenvalue weighted by Gasteiger charge is 2.15. The van der Waals surface area contributed by atoms with Gasteiger partial charge in [-0.1, -0.05) is 0 Å². The first-order valence-corrected chi connectivity index (χ1v) is 6.49. The minimum absolute atomic E-state index is 0. The Bertz CT molecular complexity index is 319. The van der Waals surface area contributed by atoms with Gasteiger partial charge in [0.1, 0.15) is 5.60 Å². The number of nitrogens with zero attached hydrogens (tertiary/aromatic N) is 1. The molecule has 0 aromatic rings. The lowest BCUT2D eigenvalue weighted by molar-refractivity contribution is 0.0529. The number of amides is 1. The van der Waals surface area contributed by atoms with Gasteiger partial charge < -0.3 is 20.7 Å². The van der Waals surface area contributed by atoms with Crippen LogP contribution in [0, 0.1) is 0 Å². The summed E-state index contributed by atoms with van der Waals surface area (Å²) in [7, 11) is 1.71. The van der Waals surface area contributed by atoms with E-state index in [0.29, 0.717) is 19.0 Å². The van der Waals surface area contributed by atoms with Crippen LogP contribution in [0.1, 0.15) is 41.5 Å². The van der Waals surface area contributed by atoms with E-state index in [1.54, 1.807) is 7.05 Å². The molecule has 0 rings (SSSR count). The predicted molar refractivity (Wildman–Crippen MR) is 93.9 cm³/mol. The maximum Gasteiger partial charge on any atom is 0.407 e. The third-order valence-electron chi connectivity index (χ3n) is 1.80. The van der Waals surface area contributed by atoms with Gasteiger partial charge in [0.05, 0.1) is 0 Å². The van der Waals surface area contributed by atoms with E-state index < -0.39 is 11.7 Å². The number of hydrogen-bond acceptors (Lipinski definition) is 3. The molecule has 0 unspecified atom stereocenters. The van der Waals surface area contributed by atoms with Crippen molar-refractivity contribution in [3.8, 4) is 0 Å². The number of halogens is 1. The molecule has 0 spiro atoms. The van der Waals surface area contributed by atoms with Crippen LogP contribution in [0.4, 0.5) is 4.79 Å². The SMILES string of the molecule is CN=C(NCCNC(=O)OC(C)(C)C)NC(C)(C)C.I. The number of rotatable bonds is 3. The van der Waals surface area contributed by atoms with Crippen molar-refractivity contribution in [3.05, 3.63) is 0 Å². The van der Waals surface area contributed by atoms with Crippen LogP contribution in [-0.2, 0) is 4.74 Å². The Morgan fingerprint density at radius 2 is 1.55 bits per heavy atom. The Hall–Kier alpha value is -0.730. The molecule has 1 amide bonds. The molecule has 0 atom stereocenters. The monoisotopic (exact) mass is 400 g/mol. The van der Waals surface area contributed by atoms with Crippen LogP contribution in [0.2, 0.25) is 0 Å². The molecule has 0 aromatic carbocycles. The highest BCUT2D eigenvalue weighted by Crippen LogP contribution is 2.05. The molecule has 7 heteroatoms. The molecule has 0 aliphatic heterocycles. The fourth-order valence-electron chi connectivity index (χ4n) is 1.19. The predicted octanol–water partition coefficient (Wildman–Crippen LogP) is 2.09. The molecule has 6 nitrogen and oxygen atoms in total. The number of alkyl carbamates (subject to hydrolysis) is 1. The van der Waals surface area contributed by atoms with Crippen LogP contribution in [0.3, 0.4) is 0 Å². The van der Waals surface area contributed by atoms with Gasteiger partial charge in [0.15, 0.2) is 5.96 Å². The zero-order valence-corrected chi connectivity index (χ0v) is 15.9. The zero-order valence-electron chi connectivity index (χ0n) is 13.6. The second kappa shape index (κ2) is 9.25. The average Bonchev–Trinajstić information content (AvgIpc) is 2.18. The molecule has 0 aliphatic rings. The molecule has 20 heavy (non-hydrogen) atoms.